The topological polar surface area (TPSA) is 22.1 Å². The van der Waals surface area contributed by atoms with Crippen LogP contribution in [0.1, 0.15) is 51.1 Å². The molecular formula is C13H21NO. The summed E-state index contributed by atoms with van der Waals surface area (Å²) in [6.45, 7) is 4.45. The second kappa shape index (κ2) is 6.44. The number of pyridine rings is 1. The van der Waals surface area contributed by atoms with Crippen molar-refractivity contribution in [3.8, 4) is 5.88 Å². The largest absolute Gasteiger partial charge is 0.481 e. The normalized spacial score (nSPS) is 12.5. The molecule has 0 saturated heterocycles. The fourth-order valence-electron chi connectivity index (χ4n) is 1.78. The van der Waals surface area contributed by atoms with E-state index in [9.17, 15) is 0 Å². The third-order valence-electron chi connectivity index (χ3n) is 2.77. The van der Waals surface area contributed by atoms with Crippen LogP contribution in [0, 0.1) is 0 Å². The Morgan fingerprint density at radius 2 is 2.13 bits per heavy atom. The Labute approximate surface area is 92.7 Å². The highest BCUT2D eigenvalue weighted by Crippen LogP contribution is 2.25. The molecule has 2 nitrogen and oxygen atoms in total. The minimum atomic E-state index is 0.583. The first-order valence-corrected chi connectivity index (χ1v) is 5.82. The average molecular weight is 207 g/mol. The number of nitrogens with zero attached hydrogens (tertiary/aromatic N) is 1. The molecule has 84 valence electrons. The number of rotatable bonds is 6. The molecule has 1 heterocycles. The van der Waals surface area contributed by atoms with Crippen molar-refractivity contribution in [2.45, 2.75) is 45.4 Å². The Balaban J connectivity index is 2.72. The van der Waals surface area contributed by atoms with Crippen molar-refractivity contribution in [2.24, 2.45) is 0 Å². The van der Waals surface area contributed by atoms with Gasteiger partial charge in [-0.25, -0.2) is 4.98 Å². The first-order valence-electron chi connectivity index (χ1n) is 5.82. The van der Waals surface area contributed by atoms with Crippen molar-refractivity contribution in [3.63, 3.8) is 0 Å². The van der Waals surface area contributed by atoms with Gasteiger partial charge >= 0.3 is 0 Å². The molecule has 1 aromatic rings. The Morgan fingerprint density at radius 1 is 1.33 bits per heavy atom. The quantitative estimate of drug-likeness (QED) is 0.708. The summed E-state index contributed by atoms with van der Waals surface area (Å²) in [5.41, 5.74) is 1.17. The zero-order chi connectivity index (χ0) is 11.1. The summed E-state index contributed by atoms with van der Waals surface area (Å²) >= 11 is 0. The molecule has 2 heteroatoms. The molecule has 0 aliphatic rings. The lowest BCUT2D eigenvalue weighted by atomic mass is 9.95. The predicted octanol–water partition coefficient (Wildman–Crippen LogP) is 3.77. The molecule has 0 fully saturated rings. The first kappa shape index (κ1) is 12.0. The number of aromatic nitrogens is 1. The summed E-state index contributed by atoms with van der Waals surface area (Å²) in [6.07, 6.45) is 4.91. The zero-order valence-electron chi connectivity index (χ0n) is 9.99. The van der Waals surface area contributed by atoms with Crippen LogP contribution in [0.5, 0.6) is 5.88 Å². The van der Waals surface area contributed by atoms with E-state index in [-0.39, 0.29) is 0 Å². The number of hydrogen-bond acceptors (Lipinski definition) is 2. The number of unbranched alkanes of at least 4 members (excludes halogenated alkanes) is 1. The van der Waals surface area contributed by atoms with Crippen molar-refractivity contribution < 1.29 is 4.74 Å². The van der Waals surface area contributed by atoms with E-state index in [1.54, 1.807) is 7.11 Å². The standard InChI is InChI=1S/C13H21NO/c1-4-6-8-11(5-2)12-9-7-10-13(14-12)15-3/h7,9-11H,4-6,8H2,1-3H3. The number of methoxy groups -OCH3 is 1. The number of ether oxygens (including phenoxy) is 1. The van der Waals surface area contributed by atoms with Crippen LogP contribution in [0.4, 0.5) is 0 Å². The van der Waals surface area contributed by atoms with Crippen LogP contribution in [-0.2, 0) is 0 Å². The number of hydrogen-bond donors (Lipinski definition) is 0. The van der Waals surface area contributed by atoms with E-state index in [1.807, 2.05) is 12.1 Å². The molecule has 1 aromatic heterocycles. The van der Waals surface area contributed by atoms with E-state index in [0.29, 0.717) is 5.92 Å². The van der Waals surface area contributed by atoms with Crippen LogP contribution >= 0.6 is 0 Å². The molecule has 0 aliphatic carbocycles. The van der Waals surface area contributed by atoms with Gasteiger partial charge in [0.1, 0.15) is 0 Å². The van der Waals surface area contributed by atoms with Gasteiger partial charge in [-0.05, 0) is 18.9 Å². The lowest BCUT2D eigenvalue weighted by Gasteiger charge is -2.14. The van der Waals surface area contributed by atoms with Crippen LogP contribution in [0.2, 0.25) is 0 Å². The summed E-state index contributed by atoms with van der Waals surface area (Å²) < 4.78 is 5.14. The van der Waals surface area contributed by atoms with Crippen LogP contribution < -0.4 is 4.74 Å². The molecule has 0 radical (unpaired) electrons. The van der Waals surface area contributed by atoms with Gasteiger partial charge in [0.2, 0.25) is 5.88 Å². The average Bonchev–Trinajstić information content (AvgIpc) is 2.30. The van der Waals surface area contributed by atoms with Crippen molar-refractivity contribution in [2.75, 3.05) is 7.11 Å². The van der Waals surface area contributed by atoms with Crippen molar-refractivity contribution >= 4 is 0 Å². The van der Waals surface area contributed by atoms with Crippen molar-refractivity contribution in [1.29, 1.82) is 0 Å². The molecule has 0 saturated carbocycles. The molecule has 15 heavy (non-hydrogen) atoms. The van der Waals surface area contributed by atoms with Gasteiger partial charge in [0.25, 0.3) is 0 Å². The summed E-state index contributed by atoms with van der Waals surface area (Å²) in [7, 11) is 1.67. The second-order valence-electron chi connectivity index (χ2n) is 3.85. The summed E-state index contributed by atoms with van der Waals surface area (Å²) in [4.78, 5) is 4.49. The smallest absolute Gasteiger partial charge is 0.213 e. The fourth-order valence-corrected chi connectivity index (χ4v) is 1.78. The molecule has 0 bridgehead atoms. The van der Waals surface area contributed by atoms with Gasteiger partial charge < -0.3 is 4.74 Å². The molecule has 0 aromatic carbocycles. The summed E-state index contributed by atoms with van der Waals surface area (Å²) in [5.74, 6) is 1.31. The Hall–Kier alpha value is -1.05. The molecule has 0 aliphatic heterocycles. The minimum absolute atomic E-state index is 0.583. The molecular weight excluding hydrogens is 186 g/mol. The monoisotopic (exact) mass is 207 g/mol. The summed E-state index contributed by atoms with van der Waals surface area (Å²) in [6, 6.07) is 6.03. The zero-order valence-corrected chi connectivity index (χ0v) is 9.99. The van der Waals surface area contributed by atoms with Gasteiger partial charge in [0.05, 0.1) is 7.11 Å². The summed E-state index contributed by atoms with van der Waals surface area (Å²) in [5, 5.41) is 0. The van der Waals surface area contributed by atoms with Gasteiger partial charge in [0, 0.05) is 17.7 Å². The van der Waals surface area contributed by atoms with Crippen molar-refractivity contribution in [1.82, 2.24) is 4.98 Å². The van der Waals surface area contributed by atoms with E-state index >= 15 is 0 Å². The van der Waals surface area contributed by atoms with E-state index < -0.39 is 0 Å². The minimum Gasteiger partial charge on any atom is -0.481 e. The van der Waals surface area contributed by atoms with Crippen LogP contribution in [0.3, 0.4) is 0 Å². The van der Waals surface area contributed by atoms with E-state index in [2.05, 4.69) is 24.9 Å². The third kappa shape index (κ3) is 3.54. The lowest BCUT2D eigenvalue weighted by molar-refractivity contribution is 0.393. The van der Waals surface area contributed by atoms with Gasteiger partial charge in [0.15, 0.2) is 0 Å². The Kier molecular flexibility index (Phi) is 5.16. The van der Waals surface area contributed by atoms with Gasteiger partial charge in [-0.2, -0.15) is 0 Å². The maximum Gasteiger partial charge on any atom is 0.213 e. The highest BCUT2D eigenvalue weighted by molar-refractivity contribution is 5.18. The SMILES string of the molecule is CCCCC(CC)c1cccc(OC)n1. The maximum atomic E-state index is 5.14. The lowest BCUT2D eigenvalue weighted by Crippen LogP contribution is -2.01. The van der Waals surface area contributed by atoms with E-state index in [1.165, 1.54) is 25.0 Å². The molecule has 1 unspecified atom stereocenters. The van der Waals surface area contributed by atoms with Crippen LogP contribution in [0.25, 0.3) is 0 Å². The molecule has 1 atom stereocenters. The highest BCUT2D eigenvalue weighted by atomic mass is 16.5. The van der Waals surface area contributed by atoms with Gasteiger partial charge in [-0.3, -0.25) is 0 Å². The van der Waals surface area contributed by atoms with E-state index in [4.69, 9.17) is 4.74 Å². The first-order chi connectivity index (χ1) is 7.31. The van der Waals surface area contributed by atoms with Crippen molar-refractivity contribution in [3.05, 3.63) is 23.9 Å². The molecule has 0 amide bonds. The second-order valence-corrected chi connectivity index (χ2v) is 3.85. The van der Waals surface area contributed by atoms with E-state index in [0.717, 1.165) is 12.3 Å². The molecule has 1 rings (SSSR count). The van der Waals surface area contributed by atoms with Gasteiger partial charge in [-0.1, -0.05) is 32.8 Å². The van der Waals surface area contributed by atoms with Crippen LogP contribution in [-0.4, -0.2) is 12.1 Å². The molecule has 0 spiro atoms. The predicted molar refractivity (Wildman–Crippen MR) is 63.3 cm³/mol. The molecule has 0 N–H and O–H groups in total. The highest BCUT2D eigenvalue weighted by Gasteiger charge is 2.10. The third-order valence-corrected chi connectivity index (χ3v) is 2.77. The van der Waals surface area contributed by atoms with Crippen LogP contribution in [0.15, 0.2) is 18.2 Å². The van der Waals surface area contributed by atoms with Gasteiger partial charge in [-0.15, -0.1) is 0 Å². The Morgan fingerprint density at radius 3 is 2.73 bits per heavy atom. The fraction of sp³-hybridized carbons (Fsp3) is 0.615. The Bertz CT molecular complexity index is 286. The maximum absolute atomic E-state index is 5.14.